The third-order valence-electron chi connectivity index (χ3n) is 1.83. The van der Waals surface area contributed by atoms with Crippen molar-refractivity contribution in [2.75, 3.05) is 13.7 Å². The fraction of sp³-hybridized carbons (Fsp3) is 0.500. The van der Waals surface area contributed by atoms with Crippen LogP contribution in [0.5, 0.6) is 0 Å². The second-order valence-corrected chi connectivity index (χ2v) is 5.93. The van der Waals surface area contributed by atoms with E-state index in [9.17, 15) is 13.2 Å². The van der Waals surface area contributed by atoms with Crippen LogP contribution in [0.2, 0.25) is 0 Å². The summed E-state index contributed by atoms with van der Waals surface area (Å²) in [7, 11) is -2.31. The molecule has 0 fully saturated rings. The van der Waals surface area contributed by atoms with E-state index >= 15 is 0 Å². The van der Waals surface area contributed by atoms with Gasteiger partial charge >= 0.3 is 0 Å². The van der Waals surface area contributed by atoms with Crippen LogP contribution in [0.1, 0.15) is 17.4 Å². The first-order valence-electron chi connectivity index (χ1n) is 4.40. The van der Waals surface area contributed by atoms with Gasteiger partial charge in [-0.2, -0.15) is 0 Å². The topological polar surface area (TPSA) is 85.4 Å². The molecule has 0 aliphatic carbocycles. The van der Waals surface area contributed by atoms with Crippen LogP contribution in [-0.4, -0.2) is 38.3 Å². The first kappa shape index (κ1) is 13.1. The van der Waals surface area contributed by atoms with E-state index in [4.69, 9.17) is 4.74 Å². The molecule has 0 spiro atoms. The van der Waals surface area contributed by atoms with Crippen LogP contribution in [0.3, 0.4) is 0 Å². The smallest absolute Gasteiger partial charge is 0.284 e. The zero-order valence-corrected chi connectivity index (χ0v) is 10.5. The number of sulfonamides is 1. The highest BCUT2D eigenvalue weighted by Gasteiger charge is 2.24. The van der Waals surface area contributed by atoms with Crippen LogP contribution < -0.4 is 4.72 Å². The Balaban J connectivity index is 2.70. The van der Waals surface area contributed by atoms with Gasteiger partial charge in [0, 0.05) is 12.5 Å². The average molecular weight is 264 g/mol. The lowest BCUT2D eigenvalue weighted by atomic mass is 10.5. The Bertz CT molecular complexity index is 441. The molecule has 0 saturated heterocycles. The third-order valence-corrected chi connectivity index (χ3v) is 4.08. The maximum Gasteiger partial charge on any atom is 0.284 e. The molecule has 0 bridgehead atoms. The first-order chi connectivity index (χ1) is 7.47. The van der Waals surface area contributed by atoms with Gasteiger partial charge in [0.05, 0.1) is 12.1 Å². The molecule has 0 aliphatic heterocycles. The lowest BCUT2D eigenvalue weighted by Crippen LogP contribution is -2.39. The van der Waals surface area contributed by atoms with E-state index in [1.54, 1.807) is 0 Å². The summed E-state index contributed by atoms with van der Waals surface area (Å²) < 4.78 is 29.8. The molecular formula is C8H12N2O4S2. The second-order valence-electron chi connectivity index (χ2n) is 3.12. The van der Waals surface area contributed by atoms with E-state index in [2.05, 4.69) is 4.98 Å². The van der Waals surface area contributed by atoms with E-state index < -0.39 is 21.2 Å². The van der Waals surface area contributed by atoms with Crippen LogP contribution in [0, 0.1) is 0 Å². The Hall–Kier alpha value is -0.990. The third kappa shape index (κ3) is 3.26. The number of thiazole rings is 1. The van der Waals surface area contributed by atoms with Crippen molar-refractivity contribution >= 4 is 27.3 Å². The number of rotatable bonds is 5. The summed E-state index contributed by atoms with van der Waals surface area (Å²) in [4.78, 5) is 15.2. The number of amides is 1. The summed E-state index contributed by atoms with van der Waals surface area (Å²) in [5.74, 6) is -0.718. The molecule has 1 aromatic heterocycles. The molecule has 0 radical (unpaired) electrons. The molecular weight excluding hydrogens is 252 g/mol. The van der Waals surface area contributed by atoms with E-state index in [0.29, 0.717) is 0 Å². The van der Waals surface area contributed by atoms with Gasteiger partial charge in [-0.15, -0.1) is 11.3 Å². The molecule has 1 rings (SSSR count). The fourth-order valence-corrected chi connectivity index (χ4v) is 2.34. The van der Waals surface area contributed by atoms with E-state index in [1.807, 2.05) is 4.72 Å². The van der Waals surface area contributed by atoms with Crippen LogP contribution in [-0.2, 0) is 14.8 Å². The van der Waals surface area contributed by atoms with Crippen molar-refractivity contribution in [1.29, 1.82) is 0 Å². The highest BCUT2D eigenvalue weighted by Crippen LogP contribution is 2.04. The summed E-state index contributed by atoms with van der Waals surface area (Å²) in [6.07, 6.45) is 0. The molecule has 0 aliphatic rings. The normalized spacial score (nSPS) is 13.4. The Kier molecular flexibility index (Phi) is 4.39. The maximum absolute atomic E-state index is 11.6. The van der Waals surface area contributed by atoms with Crippen molar-refractivity contribution in [3.05, 3.63) is 16.6 Å². The van der Waals surface area contributed by atoms with Gasteiger partial charge in [0.2, 0.25) is 10.0 Å². The molecule has 8 heteroatoms. The molecule has 0 aromatic carbocycles. The van der Waals surface area contributed by atoms with Crippen molar-refractivity contribution in [3.8, 4) is 0 Å². The van der Waals surface area contributed by atoms with Crippen molar-refractivity contribution in [1.82, 2.24) is 9.71 Å². The largest absolute Gasteiger partial charge is 0.383 e. The molecule has 1 aromatic rings. The van der Waals surface area contributed by atoms with E-state index in [1.165, 1.54) is 36.3 Å². The number of nitrogens with one attached hydrogen (secondary N) is 1. The van der Waals surface area contributed by atoms with Crippen LogP contribution >= 0.6 is 11.3 Å². The molecule has 1 atom stereocenters. The minimum absolute atomic E-state index is 0.0275. The SMILES string of the molecule is COC[C@H](C)S(=O)(=O)NC(=O)c1cscn1. The number of carbonyl (C=O) groups is 1. The van der Waals surface area contributed by atoms with Gasteiger partial charge in [0.25, 0.3) is 5.91 Å². The molecule has 1 N–H and O–H groups in total. The number of aromatic nitrogens is 1. The predicted octanol–water partition coefficient (Wildman–Crippen LogP) is 0.238. The molecule has 6 nitrogen and oxygen atoms in total. The van der Waals surface area contributed by atoms with E-state index in [-0.39, 0.29) is 12.3 Å². The lowest BCUT2D eigenvalue weighted by molar-refractivity contribution is 0.0976. The first-order valence-corrected chi connectivity index (χ1v) is 6.89. The number of carbonyl (C=O) groups excluding carboxylic acids is 1. The number of hydrogen-bond donors (Lipinski definition) is 1. The van der Waals surface area contributed by atoms with E-state index in [0.717, 1.165) is 0 Å². The number of nitrogens with zero attached hydrogens (tertiary/aromatic N) is 1. The summed E-state index contributed by atoms with van der Waals surface area (Å²) in [5, 5.41) is 0.686. The Labute approximate surface area is 97.7 Å². The van der Waals surface area contributed by atoms with Gasteiger partial charge in [-0.05, 0) is 6.92 Å². The fourth-order valence-electron chi connectivity index (χ4n) is 0.931. The monoisotopic (exact) mass is 264 g/mol. The molecule has 1 amide bonds. The van der Waals surface area contributed by atoms with Crippen molar-refractivity contribution in [3.63, 3.8) is 0 Å². The van der Waals surface area contributed by atoms with Gasteiger partial charge in [-0.25, -0.2) is 18.1 Å². The molecule has 1 heterocycles. The quantitative estimate of drug-likeness (QED) is 0.823. The predicted molar refractivity (Wildman–Crippen MR) is 59.8 cm³/mol. The van der Waals surface area contributed by atoms with Gasteiger partial charge in [-0.1, -0.05) is 0 Å². The summed E-state index contributed by atoms with van der Waals surface area (Å²) in [5.41, 5.74) is 1.55. The van der Waals surface area contributed by atoms with Gasteiger partial charge in [0.1, 0.15) is 10.9 Å². The van der Waals surface area contributed by atoms with Gasteiger partial charge < -0.3 is 4.74 Å². The Morgan fingerprint density at radius 1 is 1.69 bits per heavy atom. The lowest BCUT2D eigenvalue weighted by Gasteiger charge is -2.11. The number of hydrogen-bond acceptors (Lipinski definition) is 6. The molecule has 0 unspecified atom stereocenters. The van der Waals surface area contributed by atoms with Crippen LogP contribution in [0.4, 0.5) is 0 Å². The molecule has 0 saturated carbocycles. The summed E-state index contributed by atoms with van der Waals surface area (Å²) in [6, 6.07) is 0. The number of methoxy groups -OCH3 is 1. The molecule has 16 heavy (non-hydrogen) atoms. The zero-order chi connectivity index (χ0) is 12.2. The van der Waals surface area contributed by atoms with Crippen LogP contribution in [0.25, 0.3) is 0 Å². The maximum atomic E-state index is 11.6. The zero-order valence-electron chi connectivity index (χ0n) is 8.84. The molecule has 90 valence electrons. The Morgan fingerprint density at radius 3 is 2.88 bits per heavy atom. The summed E-state index contributed by atoms with van der Waals surface area (Å²) in [6.45, 7) is 1.49. The number of ether oxygens (including phenoxy) is 1. The minimum Gasteiger partial charge on any atom is -0.383 e. The minimum atomic E-state index is -3.71. The van der Waals surface area contributed by atoms with Gasteiger partial charge in [-0.3, -0.25) is 4.79 Å². The van der Waals surface area contributed by atoms with Crippen molar-refractivity contribution < 1.29 is 17.9 Å². The second kappa shape index (κ2) is 5.37. The van der Waals surface area contributed by atoms with Crippen molar-refractivity contribution in [2.45, 2.75) is 12.2 Å². The highest BCUT2D eigenvalue weighted by molar-refractivity contribution is 7.90. The summed E-state index contributed by atoms with van der Waals surface area (Å²) >= 11 is 1.22. The Morgan fingerprint density at radius 2 is 2.38 bits per heavy atom. The van der Waals surface area contributed by atoms with Gasteiger partial charge in [0.15, 0.2) is 0 Å². The standard InChI is InChI=1S/C8H12N2O4S2/c1-6(3-14-2)16(12,13)10-8(11)7-4-15-5-9-7/h4-6H,3H2,1-2H3,(H,10,11)/t6-/m0/s1. The average Bonchev–Trinajstić information content (AvgIpc) is 2.70. The van der Waals surface area contributed by atoms with Crippen molar-refractivity contribution in [2.24, 2.45) is 0 Å². The van der Waals surface area contributed by atoms with Crippen LogP contribution in [0.15, 0.2) is 10.9 Å². The highest BCUT2D eigenvalue weighted by atomic mass is 32.2.